The molecule has 0 aliphatic heterocycles. The number of hydrogen-bond donors (Lipinski definition) is 0. The van der Waals surface area contributed by atoms with E-state index in [4.69, 9.17) is 0 Å². The number of rotatable bonds is 0. The maximum absolute atomic E-state index is 2.31. The van der Waals surface area contributed by atoms with Crippen LogP contribution in [0.25, 0.3) is 43.1 Å². The Labute approximate surface area is 116 Å². The molecular formula is C20H12. The highest BCUT2D eigenvalue weighted by Gasteiger charge is 2.09. The van der Waals surface area contributed by atoms with Gasteiger partial charge in [-0.2, -0.15) is 0 Å². The molecule has 0 aromatic heterocycles. The van der Waals surface area contributed by atoms with Crippen LogP contribution in [0, 0.1) is 0 Å². The number of fused-ring (bicyclic) bond motifs is 2. The first-order valence-electron chi connectivity index (χ1n) is 6.97. The molecule has 92 valence electrons. The van der Waals surface area contributed by atoms with Gasteiger partial charge in [-0.15, -0.1) is 0 Å². The lowest BCUT2D eigenvalue weighted by Crippen LogP contribution is -1.85. The van der Waals surface area contributed by atoms with Crippen molar-refractivity contribution in [3.05, 3.63) is 72.8 Å². The first-order chi connectivity index (χ1) is 9.92. The van der Waals surface area contributed by atoms with E-state index in [0.29, 0.717) is 0 Å². The van der Waals surface area contributed by atoms with E-state index in [1.54, 1.807) is 0 Å². The van der Waals surface area contributed by atoms with Crippen molar-refractivity contribution < 1.29 is 0 Å². The molecule has 0 saturated carbocycles. The van der Waals surface area contributed by atoms with E-state index >= 15 is 0 Å². The summed E-state index contributed by atoms with van der Waals surface area (Å²) < 4.78 is 0. The summed E-state index contributed by atoms with van der Waals surface area (Å²) in [6.07, 6.45) is 0. The summed E-state index contributed by atoms with van der Waals surface area (Å²) in [4.78, 5) is 0. The van der Waals surface area contributed by atoms with Crippen LogP contribution in [0.2, 0.25) is 0 Å². The van der Waals surface area contributed by atoms with Gasteiger partial charge in [-0.3, -0.25) is 0 Å². The minimum atomic E-state index is 1.32. The molecule has 0 fully saturated rings. The van der Waals surface area contributed by atoms with Crippen LogP contribution in [0.5, 0.6) is 0 Å². The Morgan fingerprint density at radius 2 is 1.50 bits per heavy atom. The van der Waals surface area contributed by atoms with Crippen LogP contribution in [-0.4, -0.2) is 0 Å². The summed E-state index contributed by atoms with van der Waals surface area (Å²) in [5.41, 5.74) is 0. The molecule has 0 spiro atoms. The summed E-state index contributed by atoms with van der Waals surface area (Å²) in [6.45, 7) is 0. The molecular weight excluding hydrogens is 242 g/mol. The van der Waals surface area contributed by atoms with Gasteiger partial charge in [-0.05, 0) is 49.2 Å². The van der Waals surface area contributed by atoms with Crippen LogP contribution in [-0.2, 0) is 0 Å². The van der Waals surface area contributed by atoms with Crippen molar-refractivity contribution in [3.8, 4) is 0 Å². The van der Waals surface area contributed by atoms with E-state index in [1.165, 1.54) is 43.1 Å². The highest BCUT2D eigenvalue weighted by atomic mass is 14.6. The Hall–Kier alpha value is -2.60. The highest BCUT2D eigenvalue weighted by Crippen LogP contribution is 2.38. The minimum Gasteiger partial charge on any atom is -0.0616 e. The third-order valence-electron chi connectivity index (χ3n) is 4.37. The first-order valence-corrected chi connectivity index (χ1v) is 6.97. The van der Waals surface area contributed by atoms with Crippen molar-refractivity contribution in [1.29, 1.82) is 0 Å². The lowest BCUT2D eigenvalue weighted by atomic mass is 9.93. The van der Waals surface area contributed by atoms with Crippen LogP contribution in [0.15, 0.2) is 72.8 Å². The van der Waals surface area contributed by atoms with E-state index in [0.717, 1.165) is 0 Å². The van der Waals surface area contributed by atoms with Gasteiger partial charge in [-0.25, -0.2) is 0 Å². The molecule has 0 aliphatic carbocycles. The molecule has 0 bridgehead atoms. The third-order valence-corrected chi connectivity index (χ3v) is 4.37. The van der Waals surface area contributed by atoms with Crippen LogP contribution in [0.3, 0.4) is 0 Å². The normalized spacial score (nSPS) is 12.0. The Balaban J connectivity index is 2.23. The summed E-state index contributed by atoms with van der Waals surface area (Å²) >= 11 is 0. The molecule has 5 aromatic rings. The zero-order valence-corrected chi connectivity index (χ0v) is 10.9. The molecule has 0 saturated heterocycles. The molecule has 5 rings (SSSR count). The average Bonchev–Trinajstić information content (AvgIpc) is 2.52. The summed E-state index contributed by atoms with van der Waals surface area (Å²) in [6, 6.07) is 26.5. The van der Waals surface area contributed by atoms with Crippen molar-refractivity contribution in [2.75, 3.05) is 0 Å². The lowest BCUT2D eigenvalue weighted by Gasteiger charge is -2.12. The van der Waals surface area contributed by atoms with Gasteiger partial charge in [0.15, 0.2) is 0 Å². The van der Waals surface area contributed by atoms with Gasteiger partial charge in [0.05, 0.1) is 0 Å². The van der Waals surface area contributed by atoms with Crippen molar-refractivity contribution in [2.45, 2.75) is 0 Å². The Morgan fingerprint density at radius 3 is 2.50 bits per heavy atom. The third kappa shape index (κ3) is 1.16. The quantitative estimate of drug-likeness (QED) is 0.244. The van der Waals surface area contributed by atoms with E-state index < -0.39 is 0 Å². The molecule has 0 atom stereocenters. The molecule has 0 unspecified atom stereocenters. The van der Waals surface area contributed by atoms with Gasteiger partial charge < -0.3 is 0 Å². The SMILES string of the molecule is c1ccc2c(c1)cc1ccc3cc[14cH]c4ccc2c1c34. The molecule has 0 N–H and O–H groups in total. The molecule has 0 amide bonds. The van der Waals surface area contributed by atoms with Gasteiger partial charge in [0.2, 0.25) is 0 Å². The summed E-state index contributed by atoms with van der Waals surface area (Å²) in [5.74, 6) is 0. The zero-order valence-electron chi connectivity index (χ0n) is 10.9. The molecule has 0 heteroatoms. The van der Waals surface area contributed by atoms with Gasteiger partial charge in [0.1, 0.15) is 0 Å². The fourth-order valence-corrected chi connectivity index (χ4v) is 3.49. The van der Waals surface area contributed by atoms with Crippen molar-refractivity contribution >= 4 is 43.1 Å². The first kappa shape index (κ1) is 10.2. The van der Waals surface area contributed by atoms with E-state index in [2.05, 4.69) is 72.8 Å². The van der Waals surface area contributed by atoms with Gasteiger partial charge in [0.25, 0.3) is 0 Å². The topological polar surface area (TPSA) is 0 Å². The molecule has 5 aromatic carbocycles. The molecule has 0 nitrogen and oxygen atoms in total. The standard InChI is InChI=1S/C20H12/c1-2-7-17-15(4-1)12-16-9-8-13-5-3-6-14-10-11-18(17)20(16)19(13)14/h1-12H/i6+2. The zero-order chi connectivity index (χ0) is 13.1. The van der Waals surface area contributed by atoms with Gasteiger partial charge in [0, 0.05) is 0 Å². The molecule has 0 heterocycles. The minimum absolute atomic E-state index is 1.32. The van der Waals surface area contributed by atoms with Gasteiger partial charge in [-0.1, -0.05) is 66.7 Å². The average molecular weight is 254 g/mol. The van der Waals surface area contributed by atoms with Crippen LogP contribution in [0.1, 0.15) is 0 Å². The van der Waals surface area contributed by atoms with Crippen LogP contribution >= 0.6 is 0 Å². The summed E-state index contributed by atoms with van der Waals surface area (Å²) in [5, 5.41) is 10.8. The predicted molar refractivity (Wildman–Crippen MR) is 87.7 cm³/mol. The second kappa shape index (κ2) is 3.49. The largest absolute Gasteiger partial charge is 0.0616 e. The number of hydrogen-bond acceptors (Lipinski definition) is 0. The Bertz CT molecular complexity index is 1070. The predicted octanol–water partition coefficient (Wildman–Crippen LogP) is 5.74. The molecule has 0 aliphatic rings. The Morgan fingerprint density at radius 1 is 0.600 bits per heavy atom. The van der Waals surface area contributed by atoms with E-state index in [-0.39, 0.29) is 0 Å². The fraction of sp³-hybridized carbons (Fsp3) is 0. The maximum atomic E-state index is 2.31. The van der Waals surface area contributed by atoms with E-state index in [9.17, 15) is 0 Å². The number of benzene rings is 5. The van der Waals surface area contributed by atoms with Crippen LogP contribution in [0.4, 0.5) is 0 Å². The van der Waals surface area contributed by atoms with Crippen molar-refractivity contribution in [1.82, 2.24) is 0 Å². The van der Waals surface area contributed by atoms with E-state index in [1.807, 2.05) is 0 Å². The second-order valence-corrected chi connectivity index (χ2v) is 5.45. The fourth-order valence-electron chi connectivity index (χ4n) is 3.49. The lowest BCUT2D eigenvalue weighted by molar-refractivity contribution is 1.78. The van der Waals surface area contributed by atoms with Crippen molar-refractivity contribution in [3.63, 3.8) is 0 Å². The van der Waals surface area contributed by atoms with Gasteiger partial charge >= 0.3 is 0 Å². The highest BCUT2D eigenvalue weighted by molar-refractivity contribution is 6.28. The van der Waals surface area contributed by atoms with Crippen molar-refractivity contribution in [2.24, 2.45) is 0 Å². The molecule has 0 radical (unpaired) electrons. The second-order valence-electron chi connectivity index (χ2n) is 5.45. The Kier molecular flexibility index (Phi) is 1.78. The smallest absolute Gasteiger partial charge is 0.00204 e. The monoisotopic (exact) mass is 254 g/mol. The maximum Gasteiger partial charge on any atom is -0.00204 e. The molecule has 20 heavy (non-hydrogen) atoms. The summed E-state index contributed by atoms with van der Waals surface area (Å²) in [7, 11) is 0. The van der Waals surface area contributed by atoms with Crippen LogP contribution < -0.4 is 0 Å².